The quantitative estimate of drug-likeness (QED) is 0.733. The van der Waals surface area contributed by atoms with E-state index in [1.807, 2.05) is 0 Å². The van der Waals surface area contributed by atoms with Crippen LogP contribution in [0, 0.1) is 5.82 Å². The molecule has 0 bridgehead atoms. The fourth-order valence-corrected chi connectivity index (χ4v) is 1.09. The maximum absolute atomic E-state index is 13.0. The highest BCUT2D eigenvalue weighted by Gasteiger charge is 2.41. The molecule has 1 unspecified atom stereocenters. The molecule has 1 aromatic carbocycles. The maximum Gasteiger partial charge on any atom is 0.418 e. The third kappa shape index (κ3) is 2.16. The van der Waals surface area contributed by atoms with Crippen molar-refractivity contribution in [3.8, 4) is 0 Å². The van der Waals surface area contributed by atoms with Crippen molar-refractivity contribution in [2.45, 2.75) is 12.3 Å². The second kappa shape index (κ2) is 3.74. The van der Waals surface area contributed by atoms with Crippen molar-refractivity contribution >= 4 is 11.6 Å². The SMILES string of the molecule is OC(c1cccc(Cl)c1F)C(F)(F)F. The summed E-state index contributed by atoms with van der Waals surface area (Å²) in [6.07, 6.45) is -7.74. The van der Waals surface area contributed by atoms with Crippen LogP contribution in [0.15, 0.2) is 18.2 Å². The average Bonchev–Trinajstić information content (AvgIpc) is 2.07. The molecule has 78 valence electrons. The van der Waals surface area contributed by atoms with Crippen LogP contribution in [-0.4, -0.2) is 11.3 Å². The van der Waals surface area contributed by atoms with E-state index in [0.717, 1.165) is 18.2 Å². The van der Waals surface area contributed by atoms with E-state index in [2.05, 4.69) is 0 Å². The molecule has 0 aliphatic heterocycles. The Morgan fingerprint density at radius 2 is 1.86 bits per heavy atom. The second-order valence-electron chi connectivity index (χ2n) is 2.59. The molecule has 0 spiro atoms. The highest BCUT2D eigenvalue weighted by atomic mass is 35.5. The molecule has 0 aliphatic rings. The number of hydrogen-bond donors (Lipinski definition) is 1. The summed E-state index contributed by atoms with van der Waals surface area (Å²) < 4.78 is 49.0. The molecule has 0 saturated heterocycles. The van der Waals surface area contributed by atoms with Gasteiger partial charge in [0.2, 0.25) is 0 Å². The molecule has 0 aliphatic carbocycles. The predicted octanol–water partition coefficient (Wildman–Crippen LogP) is 3.07. The lowest BCUT2D eigenvalue weighted by atomic mass is 10.1. The van der Waals surface area contributed by atoms with E-state index in [0.29, 0.717) is 0 Å². The lowest BCUT2D eigenvalue weighted by Gasteiger charge is -2.15. The number of aliphatic hydroxyl groups is 1. The molecule has 0 fully saturated rings. The van der Waals surface area contributed by atoms with Crippen molar-refractivity contribution in [2.24, 2.45) is 0 Å². The zero-order chi connectivity index (χ0) is 10.9. The second-order valence-corrected chi connectivity index (χ2v) is 2.99. The maximum atomic E-state index is 13.0. The van der Waals surface area contributed by atoms with Crippen molar-refractivity contribution in [1.82, 2.24) is 0 Å². The van der Waals surface area contributed by atoms with Crippen molar-refractivity contribution < 1.29 is 22.7 Å². The molecule has 0 saturated carbocycles. The minimum Gasteiger partial charge on any atom is -0.379 e. The number of halogens is 5. The number of alkyl halides is 3. The molecule has 1 nitrogen and oxygen atoms in total. The molecule has 1 N–H and O–H groups in total. The van der Waals surface area contributed by atoms with Gasteiger partial charge in [-0.05, 0) is 6.07 Å². The van der Waals surface area contributed by atoms with Crippen LogP contribution in [0.1, 0.15) is 11.7 Å². The minimum atomic E-state index is -4.90. The van der Waals surface area contributed by atoms with Gasteiger partial charge in [-0.25, -0.2) is 4.39 Å². The van der Waals surface area contributed by atoms with E-state index in [1.54, 1.807) is 0 Å². The minimum absolute atomic E-state index is 0.453. The number of hydrogen-bond acceptors (Lipinski definition) is 1. The Labute approximate surface area is 81.9 Å². The van der Waals surface area contributed by atoms with E-state index in [4.69, 9.17) is 16.7 Å². The lowest BCUT2D eigenvalue weighted by Crippen LogP contribution is -2.21. The summed E-state index contributed by atoms with van der Waals surface area (Å²) in [5.41, 5.74) is -0.870. The van der Waals surface area contributed by atoms with Crippen LogP contribution in [0.25, 0.3) is 0 Å². The standard InChI is InChI=1S/C8H5ClF4O/c9-5-3-1-2-4(6(5)10)7(14)8(11,12)13/h1-3,7,14H. The Morgan fingerprint density at radius 1 is 1.29 bits per heavy atom. The Hall–Kier alpha value is -0.810. The third-order valence-electron chi connectivity index (χ3n) is 1.59. The third-order valence-corrected chi connectivity index (χ3v) is 1.88. The highest BCUT2D eigenvalue weighted by Crippen LogP contribution is 2.35. The van der Waals surface area contributed by atoms with Gasteiger partial charge in [-0.3, -0.25) is 0 Å². The van der Waals surface area contributed by atoms with Gasteiger partial charge in [-0.15, -0.1) is 0 Å². The van der Waals surface area contributed by atoms with Gasteiger partial charge in [0.05, 0.1) is 5.02 Å². The average molecular weight is 229 g/mol. The van der Waals surface area contributed by atoms with E-state index in [9.17, 15) is 17.6 Å². The first-order valence-electron chi connectivity index (χ1n) is 3.52. The Kier molecular flexibility index (Phi) is 3.01. The van der Waals surface area contributed by atoms with Gasteiger partial charge in [-0.2, -0.15) is 13.2 Å². The summed E-state index contributed by atoms with van der Waals surface area (Å²) in [5, 5.41) is 8.29. The summed E-state index contributed by atoms with van der Waals surface area (Å²) in [4.78, 5) is 0. The monoisotopic (exact) mass is 228 g/mol. The van der Waals surface area contributed by atoms with Gasteiger partial charge < -0.3 is 5.11 Å². The first-order valence-corrected chi connectivity index (χ1v) is 3.90. The summed E-state index contributed by atoms with van der Waals surface area (Å²) in [5.74, 6) is -1.25. The summed E-state index contributed by atoms with van der Waals surface area (Å²) in [6, 6.07) is 3.07. The molecule has 1 rings (SSSR count). The molecule has 0 radical (unpaired) electrons. The Morgan fingerprint density at radius 3 is 2.36 bits per heavy atom. The van der Waals surface area contributed by atoms with E-state index in [-0.39, 0.29) is 0 Å². The zero-order valence-corrected chi connectivity index (χ0v) is 7.40. The molecule has 0 amide bonds. The summed E-state index contributed by atoms with van der Waals surface area (Å²) in [7, 11) is 0. The van der Waals surface area contributed by atoms with Gasteiger partial charge in [-0.1, -0.05) is 23.7 Å². The topological polar surface area (TPSA) is 20.2 Å². The van der Waals surface area contributed by atoms with Gasteiger partial charge >= 0.3 is 6.18 Å². The van der Waals surface area contributed by atoms with Crippen LogP contribution in [0.3, 0.4) is 0 Å². The first kappa shape index (κ1) is 11.3. The normalized spacial score (nSPS) is 14.1. The van der Waals surface area contributed by atoms with Crippen molar-refractivity contribution in [3.05, 3.63) is 34.6 Å². The van der Waals surface area contributed by atoms with Gasteiger partial charge in [0.25, 0.3) is 0 Å². The number of benzene rings is 1. The van der Waals surface area contributed by atoms with Crippen LogP contribution in [0.5, 0.6) is 0 Å². The molecular formula is C8H5ClF4O. The first-order chi connectivity index (χ1) is 6.34. The number of aliphatic hydroxyl groups excluding tert-OH is 1. The van der Waals surface area contributed by atoms with Gasteiger partial charge in [0, 0.05) is 5.56 Å². The fourth-order valence-electron chi connectivity index (χ4n) is 0.908. The highest BCUT2D eigenvalue weighted by molar-refractivity contribution is 6.30. The smallest absolute Gasteiger partial charge is 0.379 e. The van der Waals surface area contributed by atoms with Crippen molar-refractivity contribution in [2.75, 3.05) is 0 Å². The van der Waals surface area contributed by atoms with Crippen molar-refractivity contribution in [1.29, 1.82) is 0 Å². The zero-order valence-electron chi connectivity index (χ0n) is 6.65. The molecule has 1 atom stereocenters. The van der Waals surface area contributed by atoms with Gasteiger partial charge in [0.15, 0.2) is 6.10 Å². The summed E-state index contributed by atoms with van der Waals surface area (Å²) >= 11 is 5.25. The summed E-state index contributed by atoms with van der Waals surface area (Å²) in [6.45, 7) is 0. The predicted molar refractivity (Wildman–Crippen MR) is 42.4 cm³/mol. The van der Waals surface area contributed by atoms with E-state index >= 15 is 0 Å². The Bertz CT molecular complexity index is 337. The Balaban J connectivity index is 3.14. The van der Waals surface area contributed by atoms with Crippen LogP contribution >= 0.6 is 11.6 Å². The molecule has 6 heteroatoms. The van der Waals surface area contributed by atoms with E-state index in [1.165, 1.54) is 0 Å². The van der Waals surface area contributed by atoms with E-state index < -0.39 is 28.7 Å². The molecule has 0 aromatic heterocycles. The van der Waals surface area contributed by atoms with Gasteiger partial charge in [0.1, 0.15) is 5.82 Å². The largest absolute Gasteiger partial charge is 0.418 e. The van der Waals surface area contributed by atoms with Crippen LogP contribution < -0.4 is 0 Å². The van der Waals surface area contributed by atoms with Crippen molar-refractivity contribution in [3.63, 3.8) is 0 Å². The van der Waals surface area contributed by atoms with Crippen LogP contribution in [0.2, 0.25) is 5.02 Å². The molecular weight excluding hydrogens is 224 g/mol. The molecule has 1 aromatic rings. The fraction of sp³-hybridized carbons (Fsp3) is 0.250. The molecule has 0 heterocycles. The van der Waals surface area contributed by atoms with Crippen LogP contribution in [0.4, 0.5) is 17.6 Å². The number of rotatable bonds is 1. The van der Waals surface area contributed by atoms with Crippen LogP contribution in [-0.2, 0) is 0 Å². The molecule has 14 heavy (non-hydrogen) atoms. The lowest BCUT2D eigenvalue weighted by molar-refractivity contribution is -0.207.